The number of hydrogen-bond donors (Lipinski definition) is 2. The smallest absolute Gasteiger partial charge is 0.311 e. The van der Waals surface area contributed by atoms with Gasteiger partial charge in [0.2, 0.25) is 0 Å². The largest absolute Gasteiger partial charge is 0.481 e. The highest BCUT2D eigenvalue weighted by atomic mass is 79.9. The molecular weight excluding hydrogens is 344 g/mol. The molecule has 1 aromatic carbocycles. The number of nitrogens with zero attached hydrogens (tertiary/aromatic N) is 1. The van der Waals surface area contributed by atoms with Crippen molar-refractivity contribution in [2.24, 2.45) is 5.41 Å². The van der Waals surface area contributed by atoms with Gasteiger partial charge in [0.1, 0.15) is 0 Å². The summed E-state index contributed by atoms with van der Waals surface area (Å²) in [5.74, 6) is -0.851. The number of nitro benzene ring substituents is 1. The van der Waals surface area contributed by atoms with E-state index in [9.17, 15) is 20.0 Å². The Morgan fingerprint density at radius 3 is 2.67 bits per heavy atom. The quantitative estimate of drug-likeness (QED) is 0.619. The normalized spacial score (nSPS) is 17.2. The minimum Gasteiger partial charge on any atom is -0.481 e. The highest BCUT2D eigenvalue weighted by Gasteiger charge is 2.40. The van der Waals surface area contributed by atoms with Crippen molar-refractivity contribution >= 4 is 33.3 Å². The van der Waals surface area contributed by atoms with E-state index in [4.69, 9.17) is 4.74 Å². The second-order valence-electron chi connectivity index (χ2n) is 4.97. The lowest BCUT2D eigenvalue weighted by Crippen LogP contribution is -2.42. The Morgan fingerprint density at radius 2 is 2.14 bits per heavy atom. The number of rotatable bonds is 5. The maximum atomic E-state index is 11.5. The standard InChI is InChI=1S/C13H15BrN2O5/c14-10-7-9(16(19)20)1-2-11(10)15-8-13(12(17)18)3-5-21-6-4-13/h1-2,7,15H,3-6,8H2,(H,17,18). The van der Waals surface area contributed by atoms with Gasteiger partial charge in [0, 0.05) is 42.1 Å². The van der Waals surface area contributed by atoms with Crippen molar-refractivity contribution in [1.29, 1.82) is 0 Å². The van der Waals surface area contributed by atoms with Crippen LogP contribution in [0.2, 0.25) is 0 Å². The monoisotopic (exact) mass is 358 g/mol. The first kappa shape index (κ1) is 15.7. The van der Waals surface area contributed by atoms with Crippen molar-refractivity contribution in [3.05, 3.63) is 32.8 Å². The number of non-ortho nitro benzene ring substituents is 1. The minimum atomic E-state index is -0.862. The Labute approximate surface area is 129 Å². The molecule has 0 amide bonds. The molecule has 1 heterocycles. The van der Waals surface area contributed by atoms with Gasteiger partial charge in [0.15, 0.2) is 0 Å². The summed E-state index contributed by atoms with van der Waals surface area (Å²) in [5.41, 5.74) is -0.251. The highest BCUT2D eigenvalue weighted by molar-refractivity contribution is 9.10. The van der Waals surface area contributed by atoms with Crippen LogP contribution in [-0.4, -0.2) is 35.8 Å². The SMILES string of the molecule is O=C(O)C1(CNc2ccc([N+](=O)[O-])cc2Br)CCOCC1. The molecule has 0 saturated carbocycles. The van der Waals surface area contributed by atoms with Crippen LogP contribution >= 0.6 is 15.9 Å². The number of carboxylic acid groups (broad SMARTS) is 1. The van der Waals surface area contributed by atoms with E-state index < -0.39 is 16.3 Å². The van der Waals surface area contributed by atoms with E-state index in [0.717, 1.165) is 0 Å². The fourth-order valence-corrected chi connectivity index (χ4v) is 2.76. The molecule has 1 aromatic rings. The van der Waals surface area contributed by atoms with E-state index in [1.54, 1.807) is 6.07 Å². The summed E-state index contributed by atoms with van der Waals surface area (Å²) >= 11 is 3.26. The molecule has 0 bridgehead atoms. The molecule has 0 unspecified atom stereocenters. The molecule has 0 atom stereocenters. The first-order chi connectivity index (χ1) is 9.94. The van der Waals surface area contributed by atoms with Gasteiger partial charge in [-0.3, -0.25) is 14.9 Å². The number of ether oxygens (including phenoxy) is 1. The summed E-state index contributed by atoms with van der Waals surface area (Å²) < 4.78 is 5.75. The first-order valence-corrected chi connectivity index (χ1v) is 7.23. The minimum absolute atomic E-state index is 0.0218. The van der Waals surface area contributed by atoms with Gasteiger partial charge in [-0.05, 0) is 34.8 Å². The zero-order valence-corrected chi connectivity index (χ0v) is 12.8. The second-order valence-corrected chi connectivity index (χ2v) is 5.83. The van der Waals surface area contributed by atoms with Gasteiger partial charge in [-0.15, -0.1) is 0 Å². The molecule has 1 saturated heterocycles. The number of nitro groups is 1. The summed E-state index contributed by atoms with van der Waals surface area (Å²) in [6, 6.07) is 4.33. The summed E-state index contributed by atoms with van der Waals surface area (Å²) in [6.45, 7) is 1.10. The number of hydrogen-bond acceptors (Lipinski definition) is 5. The zero-order valence-electron chi connectivity index (χ0n) is 11.2. The molecule has 2 rings (SSSR count). The molecule has 8 heteroatoms. The number of carbonyl (C=O) groups is 1. The van der Waals surface area contributed by atoms with Crippen molar-refractivity contribution in [3.8, 4) is 0 Å². The third-order valence-corrected chi connectivity index (χ3v) is 4.34. The average molecular weight is 359 g/mol. The Bertz CT molecular complexity index is 557. The maximum absolute atomic E-state index is 11.5. The van der Waals surface area contributed by atoms with Crippen LogP contribution in [0.25, 0.3) is 0 Å². The van der Waals surface area contributed by atoms with Crippen LogP contribution in [0.5, 0.6) is 0 Å². The summed E-state index contributed by atoms with van der Waals surface area (Å²) in [7, 11) is 0. The van der Waals surface area contributed by atoms with E-state index in [-0.39, 0.29) is 12.2 Å². The van der Waals surface area contributed by atoms with Crippen molar-refractivity contribution in [1.82, 2.24) is 0 Å². The summed E-state index contributed by atoms with van der Waals surface area (Å²) in [6.07, 6.45) is 0.889. The number of carboxylic acids is 1. The Hall–Kier alpha value is -1.67. The van der Waals surface area contributed by atoms with Gasteiger partial charge >= 0.3 is 5.97 Å². The Balaban J connectivity index is 2.11. The van der Waals surface area contributed by atoms with E-state index in [0.29, 0.717) is 36.2 Å². The van der Waals surface area contributed by atoms with Crippen LogP contribution in [0.15, 0.2) is 22.7 Å². The van der Waals surface area contributed by atoms with Crippen LogP contribution in [0.1, 0.15) is 12.8 Å². The van der Waals surface area contributed by atoms with E-state index in [2.05, 4.69) is 21.2 Å². The number of benzene rings is 1. The van der Waals surface area contributed by atoms with Gasteiger partial charge in [0.25, 0.3) is 5.69 Å². The predicted octanol–water partition coefficient (Wildman–Crippen LogP) is 2.65. The molecule has 1 fully saturated rings. The summed E-state index contributed by atoms with van der Waals surface area (Å²) in [5, 5.41) is 23.2. The van der Waals surface area contributed by atoms with Crippen LogP contribution in [0.3, 0.4) is 0 Å². The zero-order chi connectivity index (χ0) is 15.5. The van der Waals surface area contributed by atoms with Crippen molar-refractivity contribution in [2.45, 2.75) is 12.8 Å². The van der Waals surface area contributed by atoms with Gasteiger partial charge in [-0.1, -0.05) is 0 Å². The molecule has 0 radical (unpaired) electrons. The molecule has 0 aliphatic carbocycles. The Morgan fingerprint density at radius 1 is 1.48 bits per heavy atom. The molecule has 0 spiro atoms. The molecular formula is C13H15BrN2O5. The topological polar surface area (TPSA) is 102 Å². The fraction of sp³-hybridized carbons (Fsp3) is 0.462. The van der Waals surface area contributed by atoms with Crippen LogP contribution in [-0.2, 0) is 9.53 Å². The predicted molar refractivity (Wildman–Crippen MR) is 79.4 cm³/mol. The number of anilines is 1. The maximum Gasteiger partial charge on any atom is 0.311 e. The number of aliphatic carboxylic acids is 1. The lowest BCUT2D eigenvalue weighted by Gasteiger charge is -2.33. The Kier molecular flexibility index (Phi) is 4.79. The van der Waals surface area contributed by atoms with Crippen molar-refractivity contribution in [3.63, 3.8) is 0 Å². The van der Waals surface area contributed by atoms with Gasteiger partial charge in [0.05, 0.1) is 10.3 Å². The lowest BCUT2D eigenvalue weighted by molar-refractivity contribution is -0.384. The molecule has 2 N–H and O–H groups in total. The average Bonchev–Trinajstić information content (AvgIpc) is 2.46. The van der Waals surface area contributed by atoms with Crippen LogP contribution < -0.4 is 5.32 Å². The summed E-state index contributed by atoms with van der Waals surface area (Å²) in [4.78, 5) is 21.7. The third kappa shape index (κ3) is 3.51. The van der Waals surface area contributed by atoms with E-state index in [1.807, 2.05) is 0 Å². The number of nitrogens with one attached hydrogen (secondary N) is 1. The molecule has 7 nitrogen and oxygen atoms in total. The molecule has 21 heavy (non-hydrogen) atoms. The van der Waals surface area contributed by atoms with Crippen LogP contribution in [0, 0.1) is 15.5 Å². The van der Waals surface area contributed by atoms with E-state index in [1.165, 1.54) is 12.1 Å². The van der Waals surface area contributed by atoms with Gasteiger partial charge in [-0.25, -0.2) is 0 Å². The first-order valence-electron chi connectivity index (χ1n) is 6.44. The van der Waals surface area contributed by atoms with Gasteiger partial charge < -0.3 is 15.2 Å². The molecule has 0 aromatic heterocycles. The second kappa shape index (κ2) is 6.40. The lowest BCUT2D eigenvalue weighted by atomic mass is 9.80. The highest BCUT2D eigenvalue weighted by Crippen LogP contribution is 2.33. The van der Waals surface area contributed by atoms with Gasteiger partial charge in [-0.2, -0.15) is 0 Å². The molecule has 1 aliphatic rings. The fourth-order valence-electron chi connectivity index (χ4n) is 2.25. The van der Waals surface area contributed by atoms with Crippen molar-refractivity contribution < 1.29 is 19.6 Å². The van der Waals surface area contributed by atoms with Crippen LogP contribution in [0.4, 0.5) is 11.4 Å². The van der Waals surface area contributed by atoms with E-state index >= 15 is 0 Å². The molecule has 1 aliphatic heterocycles. The third-order valence-electron chi connectivity index (χ3n) is 3.68. The molecule has 114 valence electrons. The van der Waals surface area contributed by atoms with Crippen molar-refractivity contribution in [2.75, 3.05) is 25.1 Å². The number of halogens is 1.